The summed E-state index contributed by atoms with van der Waals surface area (Å²) in [6.07, 6.45) is 4.29. The highest BCUT2D eigenvalue weighted by atomic mass is 16.1. The normalized spacial score (nSPS) is 13.2. The molecule has 29 heavy (non-hydrogen) atoms. The van der Waals surface area contributed by atoms with Gasteiger partial charge in [0.2, 0.25) is 5.91 Å². The van der Waals surface area contributed by atoms with Crippen molar-refractivity contribution >= 4 is 11.6 Å². The number of imidazole rings is 1. The zero-order valence-corrected chi connectivity index (χ0v) is 16.7. The summed E-state index contributed by atoms with van der Waals surface area (Å²) in [6, 6.07) is 24.3. The Labute approximate surface area is 171 Å². The number of aromatic nitrogens is 2. The number of nitrogens with zero attached hydrogens (tertiary/aromatic N) is 2. The molecule has 0 fully saturated rings. The van der Waals surface area contributed by atoms with E-state index in [-0.39, 0.29) is 17.9 Å². The highest BCUT2D eigenvalue weighted by Gasteiger charge is 2.22. The van der Waals surface area contributed by atoms with Gasteiger partial charge in [0.1, 0.15) is 5.65 Å². The molecule has 4 heteroatoms. The summed E-state index contributed by atoms with van der Waals surface area (Å²) in [6.45, 7) is 4.07. The van der Waals surface area contributed by atoms with Gasteiger partial charge in [-0.2, -0.15) is 0 Å². The van der Waals surface area contributed by atoms with E-state index in [1.54, 1.807) is 0 Å². The molecule has 0 bridgehead atoms. The molecule has 146 valence electrons. The van der Waals surface area contributed by atoms with Gasteiger partial charge in [0, 0.05) is 24.7 Å². The number of rotatable bonds is 6. The van der Waals surface area contributed by atoms with Crippen LogP contribution in [-0.2, 0) is 4.79 Å². The van der Waals surface area contributed by atoms with Crippen molar-refractivity contribution in [2.45, 2.75) is 32.2 Å². The lowest BCUT2D eigenvalue weighted by Crippen LogP contribution is -2.28. The summed E-state index contributed by atoms with van der Waals surface area (Å²) in [5, 5.41) is 3.15. The maximum Gasteiger partial charge on any atom is 0.221 e. The first-order valence-electron chi connectivity index (χ1n) is 9.94. The van der Waals surface area contributed by atoms with Gasteiger partial charge in [0.25, 0.3) is 0 Å². The van der Waals surface area contributed by atoms with Crippen LogP contribution in [0.3, 0.4) is 0 Å². The number of hydrogen-bond donors (Lipinski definition) is 1. The average Bonchev–Trinajstić information content (AvgIpc) is 3.16. The molecule has 0 spiro atoms. The van der Waals surface area contributed by atoms with Crippen LogP contribution >= 0.6 is 0 Å². The van der Waals surface area contributed by atoms with Crippen LogP contribution in [0.25, 0.3) is 5.65 Å². The largest absolute Gasteiger partial charge is 0.350 e. The van der Waals surface area contributed by atoms with Crippen LogP contribution in [0.5, 0.6) is 0 Å². The topological polar surface area (TPSA) is 46.4 Å². The van der Waals surface area contributed by atoms with Crippen molar-refractivity contribution in [3.8, 4) is 0 Å². The standard InChI is InChI=1S/C25H25N3O/c1-18-13-14-28-23(17-26-24(28)15-18)22(21-11-7-4-8-12-21)16-25(29)27-19(2)20-9-5-3-6-10-20/h3-15,17,19,22H,16H2,1-2H3,(H,27,29). The fraction of sp³-hybridized carbons (Fsp3) is 0.200. The quantitative estimate of drug-likeness (QED) is 0.507. The number of pyridine rings is 1. The van der Waals surface area contributed by atoms with Crippen LogP contribution in [0.2, 0.25) is 0 Å². The van der Waals surface area contributed by atoms with Crippen LogP contribution < -0.4 is 5.32 Å². The Kier molecular flexibility index (Phi) is 5.43. The van der Waals surface area contributed by atoms with Crippen molar-refractivity contribution in [2.24, 2.45) is 0 Å². The second-order valence-corrected chi connectivity index (χ2v) is 7.48. The molecule has 2 unspecified atom stereocenters. The van der Waals surface area contributed by atoms with E-state index in [2.05, 4.69) is 45.9 Å². The maximum absolute atomic E-state index is 13.0. The minimum absolute atomic E-state index is 0.0252. The molecule has 2 heterocycles. The van der Waals surface area contributed by atoms with Crippen molar-refractivity contribution in [1.29, 1.82) is 0 Å². The lowest BCUT2D eigenvalue weighted by Gasteiger charge is -2.20. The van der Waals surface area contributed by atoms with Crippen molar-refractivity contribution in [2.75, 3.05) is 0 Å². The minimum atomic E-state index is -0.0723. The Morgan fingerprint density at radius 3 is 2.34 bits per heavy atom. The molecule has 4 aromatic rings. The number of nitrogens with one attached hydrogen (secondary N) is 1. The number of benzene rings is 2. The molecule has 2 aromatic carbocycles. The van der Waals surface area contributed by atoms with Gasteiger partial charge < -0.3 is 9.72 Å². The smallest absolute Gasteiger partial charge is 0.221 e. The summed E-state index contributed by atoms with van der Waals surface area (Å²) in [7, 11) is 0. The first-order chi connectivity index (χ1) is 14.1. The molecule has 0 saturated carbocycles. The maximum atomic E-state index is 13.0. The van der Waals surface area contributed by atoms with Gasteiger partial charge in [-0.3, -0.25) is 4.79 Å². The molecule has 2 atom stereocenters. The Morgan fingerprint density at radius 1 is 1.00 bits per heavy atom. The van der Waals surface area contributed by atoms with Crippen LogP contribution in [0.15, 0.2) is 85.2 Å². The molecule has 2 aromatic heterocycles. The van der Waals surface area contributed by atoms with Crippen LogP contribution in [0, 0.1) is 6.92 Å². The highest BCUT2D eigenvalue weighted by Crippen LogP contribution is 2.29. The first kappa shape index (κ1) is 18.9. The summed E-state index contributed by atoms with van der Waals surface area (Å²) in [5.41, 5.74) is 5.30. The van der Waals surface area contributed by atoms with Gasteiger partial charge in [-0.1, -0.05) is 60.7 Å². The van der Waals surface area contributed by atoms with E-state index in [9.17, 15) is 4.79 Å². The molecule has 0 radical (unpaired) electrons. The average molecular weight is 383 g/mol. The Morgan fingerprint density at radius 2 is 1.66 bits per heavy atom. The van der Waals surface area contributed by atoms with Gasteiger partial charge in [0.15, 0.2) is 0 Å². The number of hydrogen-bond acceptors (Lipinski definition) is 2. The number of fused-ring (bicyclic) bond motifs is 1. The van der Waals surface area contributed by atoms with E-state index >= 15 is 0 Å². The lowest BCUT2D eigenvalue weighted by atomic mass is 9.92. The second-order valence-electron chi connectivity index (χ2n) is 7.48. The predicted molar refractivity (Wildman–Crippen MR) is 116 cm³/mol. The van der Waals surface area contributed by atoms with E-state index in [0.717, 1.165) is 22.5 Å². The fourth-order valence-electron chi connectivity index (χ4n) is 3.75. The third-order valence-corrected chi connectivity index (χ3v) is 5.32. The number of carbonyl (C=O) groups is 1. The molecule has 0 aliphatic carbocycles. The Balaban J connectivity index is 1.62. The van der Waals surface area contributed by atoms with Crippen molar-refractivity contribution in [1.82, 2.24) is 14.7 Å². The Bertz CT molecular complexity index is 1100. The van der Waals surface area contributed by atoms with Crippen molar-refractivity contribution in [3.05, 3.63) is 108 Å². The highest BCUT2D eigenvalue weighted by molar-refractivity contribution is 5.78. The van der Waals surface area contributed by atoms with Gasteiger partial charge in [-0.25, -0.2) is 4.98 Å². The Hall–Kier alpha value is -3.40. The van der Waals surface area contributed by atoms with Crippen molar-refractivity contribution in [3.63, 3.8) is 0 Å². The molecule has 4 rings (SSSR count). The zero-order chi connectivity index (χ0) is 20.2. The summed E-state index contributed by atoms with van der Waals surface area (Å²) in [5.74, 6) is -0.0471. The predicted octanol–water partition coefficient (Wildman–Crippen LogP) is 5.04. The second kappa shape index (κ2) is 8.31. The van der Waals surface area contributed by atoms with Crippen LogP contribution in [-0.4, -0.2) is 15.3 Å². The van der Waals surface area contributed by atoms with E-state index < -0.39 is 0 Å². The molecule has 0 saturated heterocycles. The van der Waals surface area contributed by atoms with E-state index in [1.807, 2.05) is 67.8 Å². The summed E-state index contributed by atoms with van der Waals surface area (Å²) < 4.78 is 2.08. The van der Waals surface area contributed by atoms with E-state index in [0.29, 0.717) is 6.42 Å². The molecule has 4 nitrogen and oxygen atoms in total. The summed E-state index contributed by atoms with van der Waals surface area (Å²) >= 11 is 0. The van der Waals surface area contributed by atoms with Crippen molar-refractivity contribution < 1.29 is 4.79 Å². The van der Waals surface area contributed by atoms with Crippen LogP contribution in [0.4, 0.5) is 0 Å². The van der Waals surface area contributed by atoms with Gasteiger partial charge in [-0.15, -0.1) is 0 Å². The molecular formula is C25H25N3O. The van der Waals surface area contributed by atoms with Gasteiger partial charge >= 0.3 is 0 Å². The molecule has 0 aliphatic rings. The fourth-order valence-corrected chi connectivity index (χ4v) is 3.75. The SMILES string of the molecule is Cc1ccn2c(C(CC(=O)NC(C)c3ccccc3)c3ccccc3)cnc2c1. The minimum Gasteiger partial charge on any atom is -0.350 e. The third-order valence-electron chi connectivity index (χ3n) is 5.32. The molecular weight excluding hydrogens is 358 g/mol. The molecule has 1 N–H and O–H groups in total. The van der Waals surface area contributed by atoms with E-state index in [1.165, 1.54) is 5.56 Å². The van der Waals surface area contributed by atoms with E-state index in [4.69, 9.17) is 0 Å². The zero-order valence-electron chi connectivity index (χ0n) is 16.7. The number of carbonyl (C=O) groups excluding carboxylic acids is 1. The van der Waals surface area contributed by atoms with Crippen LogP contribution in [0.1, 0.15) is 47.7 Å². The molecule has 1 amide bonds. The van der Waals surface area contributed by atoms with Gasteiger partial charge in [0.05, 0.1) is 11.7 Å². The van der Waals surface area contributed by atoms with Gasteiger partial charge in [-0.05, 0) is 42.7 Å². The third kappa shape index (κ3) is 4.21. The summed E-state index contributed by atoms with van der Waals surface area (Å²) in [4.78, 5) is 17.5. The first-order valence-corrected chi connectivity index (χ1v) is 9.94. The number of aryl methyl sites for hydroxylation is 1. The molecule has 0 aliphatic heterocycles. The lowest BCUT2D eigenvalue weighted by molar-refractivity contribution is -0.122. The number of amides is 1. The monoisotopic (exact) mass is 383 g/mol.